The van der Waals surface area contributed by atoms with Gasteiger partial charge in [0.1, 0.15) is 0 Å². The van der Waals surface area contributed by atoms with E-state index in [4.69, 9.17) is 56.8 Å². The maximum Gasteiger partial charge on any atom is 0.0704 e. The first-order chi connectivity index (χ1) is 23.4. The molecule has 1 aliphatic heterocycles. The molecule has 1 heterocycles. The van der Waals surface area contributed by atoms with Gasteiger partial charge in [0.25, 0.3) is 0 Å². The Kier molecular flexibility index (Phi) is 37.8. The fourth-order valence-electron chi connectivity index (χ4n) is 4.34. The van der Waals surface area contributed by atoms with Crippen LogP contribution in [0.1, 0.15) is 51.9 Å². The van der Waals surface area contributed by atoms with Crippen LogP contribution in [0.5, 0.6) is 0 Å². The summed E-state index contributed by atoms with van der Waals surface area (Å²) in [5.74, 6) is 0. The molecule has 1 rings (SSSR count). The summed E-state index contributed by atoms with van der Waals surface area (Å²) in [5, 5.41) is 3.33. The van der Waals surface area contributed by atoms with E-state index in [1.165, 1.54) is 25.7 Å². The van der Waals surface area contributed by atoms with Crippen LogP contribution >= 0.6 is 0 Å². The SMILES string of the molecule is CCCCCCCOCCOCCOCCOCCOCCOCCOCCOCCOCCOCCOCCOC1CCNCC1. The van der Waals surface area contributed by atoms with Crippen molar-refractivity contribution in [2.45, 2.75) is 58.0 Å². The lowest BCUT2D eigenvalue weighted by atomic mass is 10.1. The molecule has 0 aromatic heterocycles. The summed E-state index contributed by atoms with van der Waals surface area (Å²) in [7, 11) is 0. The van der Waals surface area contributed by atoms with Crippen LogP contribution in [0, 0.1) is 0 Å². The fourth-order valence-corrected chi connectivity index (χ4v) is 4.34. The number of rotatable bonds is 40. The molecule has 1 aliphatic rings. The minimum atomic E-state index is 0.374. The third-order valence-corrected chi connectivity index (χ3v) is 6.98. The summed E-state index contributed by atoms with van der Waals surface area (Å²) >= 11 is 0. The summed E-state index contributed by atoms with van der Waals surface area (Å²) in [6, 6.07) is 0. The molecular weight excluding hydrogens is 614 g/mol. The minimum Gasteiger partial charge on any atom is -0.379 e. The van der Waals surface area contributed by atoms with E-state index < -0.39 is 0 Å². The molecule has 0 unspecified atom stereocenters. The van der Waals surface area contributed by atoms with Gasteiger partial charge in [0.15, 0.2) is 0 Å². The average Bonchev–Trinajstić information content (AvgIpc) is 3.09. The standard InChI is InChI=1S/C34H69NO12/c1-2-3-4-5-6-11-36-12-13-37-14-15-38-16-17-39-18-19-40-20-21-41-22-23-42-24-25-43-26-27-44-28-29-45-30-31-46-32-33-47-34-7-9-35-10-8-34/h34-35H,2-33H2,1H3. The van der Waals surface area contributed by atoms with Gasteiger partial charge in [-0.2, -0.15) is 0 Å². The van der Waals surface area contributed by atoms with Gasteiger partial charge in [-0.3, -0.25) is 0 Å². The smallest absolute Gasteiger partial charge is 0.0704 e. The highest BCUT2D eigenvalue weighted by Crippen LogP contribution is 2.06. The maximum absolute atomic E-state index is 5.79. The van der Waals surface area contributed by atoms with E-state index in [0.29, 0.717) is 151 Å². The quantitative estimate of drug-likeness (QED) is 0.0954. The second-order valence-corrected chi connectivity index (χ2v) is 11.0. The first-order valence-corrected chi connectivity index (χ1v) is 18.1. The molecule has 0 atom stereocenters. The molecule has 1 fully saturated rings. The van der Waals surface area contributed by atoms with Crippen molar-refractivity contribution in [2.75, 3.05) is 165 Å². The van der Waals surface area contributed by atoms with Gasteiger partial charge >= 0.3 is 0 Å². The fraction of sp³-hybridized carbons (Fsp3) is 1.00. The van der Waals surface area contributed by atoms with Crippen LogP contribution in [0.4, 0.5) is 0 Å². The zero-order chi connectivity index (χ0) is 33.4. The van der Waals surface area contributed by atoms with Crippen molar-refractivity contribution in [1.29, 1.82) is 0 Å². The minimum absolute atomic E-state index is 0.374. The van der Waals surface area contributed by atoms with Crippen LogP contribution in [-0.2, 0) is 56.8 Å². The van der Waals surface area contributed by atoms with Crippen molar-refractivity contribution < 1.29 is 56.8 Å². The summed E-state index contributed by atoms with van der Waals surface area (Å²) < 4.78 is 66.4. The lowest BCUT2D eigenvalue weighted by Crippen LogP contribution is -2.33. The Balaban J connectivity index is 1.59. The molecule has 1 saturated heterocycles. The summed E-state index contributed by atoms with van der Waals surface area (Å²) in [6.07, 6.45) is 8.82. The lowest BCUT2D eigenvalue weighted by molar-refractivity contribution is -0.0326. The average molecular weight is 684 g/mol. The summed E-state index contributed by atoms with van der Waals surface area (Å²) in [4.78, 5) is 0. The molecule has 0 aliphatic carbocycles. The molecule has 282 valence electrons. The van der Waals surface area contributed by atoms with E-state index >= 15 is 0 Å². The van der Waals surface area contributed by atoms with Gasteiger partial charge in [-0.15, -0.1) is 0 Å². The normalized spacial score (nSPS) is 14.0. The number of nitrogens with one attached hydrogen (secondary N) is 1. The van der Waals surface area contributed by atoms with Crippen LogP contribution in [-0.4, -0.2) is 171 Å². The van der Waals surface area contributed by atoms with Crippen molar-refractivity contribution in [3.05, 3.63) is 0 Å². The van der Waals surface area contributed by atoms with E-state index in [1.807, 2.05) is 0 Å². The Bertz CT molecular complexity index is 575. The van der Waals surface area contributed by atoms with E-state index in [0.717, 1.165) is 39.0 Å². The Labute approximate surface area is 285 Å². The molecule has 0 spiro atoms. The molecule has 1 N–H and O–H groups in total. The molecule has 0 aromatic rings. The van der Waals surface area contributed by atoms with Crippen molar-refractivity contribution in [2.24, 2.45) is 0 Å². The van der Waals surface area contributed by atoms with Gasteiger partial charge in [-0.05, 0) is 32.4 Å². The Morgan fingerprint density at radius 1 is 0.340 bits per heavy atom. The van der Waals surface area contributed by atoms with Crippen LogP contribution in [0.2, 0.25) is 0 Å². The molecule has 0 amide bonds. The number of unbranched alkanes of at least 4 members (excludes halogenated alkanes) is 4. The predicted molar refractivity (Wildman–Crippen MR) is 180 cm³/mol. The van der Waals surface area contributed by atoms with Crippen molar-refractivity contribution in [1.82, 2.24) is 5.32 Å². The first-order valence-electron chi connectivity index (χ1n) is 18.1. The zero-order valence-electron chi connectivity index (χ0n) is 29.6. The monoisotopic (exact) mass is 683 g/mol. The molecule has 0 bridgehead atoms. The number of piperidine rings is 1. The van der Waals surface area contributed by atoms with Gasteiger partial charge in [-0.1, -0.05) is 32.6 Å². The summed E-state index contributed by atoms with van der Waals surface area (Å²) in [5.41, 5.74) is 0. The number of ether oxygens (including phenoxy) is 12. The predicted octanol–water partition coefficient (Wildman–Crippen LogP) is 2.91. The van der Waals surface area contributed by atoms with Crippen LogP contribution in [0.25, 0.3) is 0 Å². The first kappa shape index (κ1) is 44.5. The molecule has 47 heavy (non-hydrogen) atoms. The highest BCUT2D eigenvalue weighted by Gasteiger charge is 2.12. The largest absolute Gasteiger partial charge is 0.379 e. The molecule has 13 nitrogen and oxygen atoms in total. The second-order valence-electron chi connectivity index (χ2n) is 11.0. The van der Waals surface area contributed by atoms with Crippen molar-refractivity contribution in [3.8, 4) is 0 Å². The Morgan fingerprint density at radius 3 is 0.936 bits per heavy atom. The third-order valence-electron chi connectivity index (χ3n) is 6.98. The zero-order valence-corrected chi connectivity index (χ0v) is 29.6. The topological polar surface area (TPSA) is 123 Å². The van der Waals surface area contributed by atoms with Gasteiger partial charge in [0, 0.05) is 6.61 Å². The van der Waals surface area contributed by atoms with Gasteiger partial charge in [0.05, 0.1) is 151 Å². The molecule has 0 aromatic carbocycles. The lowest BCUT2D eigenvalue weighted by Gasteiger charge is -2.22. The Morgan fingerprint density at radius 2 is 0.617 bits per heavy atom. The van der Waals surface area contributed by atoms with Crippen molar-refractivity contribution >= 4 is 0 Å². The van der Waals surface area contributed by atoms with Crippen LogP contribution in [0.15, 0.2) is 0 Å². The van der Waals surface area contributed by atoms with Crippen LogP contribution in [0.3, 0.4) is 0 Å². The molecule has 0 radical (unpaired) electrons. The van der Waals surface area contributed by atoms with Crippen molar-refractivity contribution in [3.63, 3.8) is 0 Å². The van der Waals surface area contributed by atoms with Gasteiger partial charge in [-0.25, -0.2) is 0 Å². The third kappa shape index (κ3) is 36.6. The highest BCUT2D eigenvalue weighted by atomic mass is 16.6. The summed E-state index contributed by atoms with van der Waals surface area (Å²) in [6.45, 7) is 17.3. The Hall–Kier alpha value is -0.520. The number of hydrogen-bond donors (Lipinski definition) is 1. The van der Waals surface area contributed by atoms with E-state index in [9.17, 15) is 0 Å². The van der Waals surface area contributed by atoms with Gasteiger partial charge in [0.2, 0.25) is 0 Å². The molecule has 0 saturated carbocycles. The molecular formula is C34H69NO12. The number of hydrogen-bond acceptors (Lipinski definition) is 13. The maximum atomic E-state index is 5.79. The molecule has 13 heteroatoms. The van der Waals surface area contributed by atoms with E-state index in [2.05, 4.69) is 12.2 Å². The highest BCUT2D eigenvalue weighted by molar-refractivity contribution is 4.67. The van der Waals surface area contributed by atoms with Gasteiger partial charge < -0.3 is 62.2 Å². The van der Waals surface area contributed by atoms with E-state index in [-0.39, 0.29) is 0 Å². The van der Waals surface area contributed by atoms with Crippen LogP contribution < -0.4 is 5.32 Å². The second kappa shape index (κ2) is 39.9. The van der Waals surface area contributed by atoms with E-state index in [1.54, 1.807) is 0 Å².